The lowest BCUT2D eigenvalue weighted by Gasteiger charge is -2.41. The van der Waals surface area contributed by atoms with Crippen LogP contribution >= 0.6 is 0 Å². The Morgan fingerprint density at radius 1 is 1.09 bits per heavy atom. The minimum Gasteiger partial charge on any atom is -0.494 e. The van der Waals surface area contributed by atoms with Crippen LogP contribution in [0.4, 0.5) is 4.79 Å². The smallest absolute Gasteiger partial charge is 0.326 e. The molecule has 6 nitrogen and oxygen atoms in total. The first-order valence-electron chi connectivity index (χ1n) is 11.4. The van der Waals surface area contributed by atoms with Crippen molar-refractivity contribution in [1.29, 1.82) is 0 Å². The van der Waals surface area contributed by atoms with Crippen molar-refractivity contribution in [3.8, 4) is 5.75 Å². The molecule has 0 N–H and O–H groups in total. The van der Waals surface area contributed by atoms with Gasteiger partial charge < -0.3 is 14.2 Å². The zero-order valence-electron chi connectivity index (χ0n) is 18.9. The fourth-order valence-electron chi connectivity index (χ4n) is 4.90. The molecule has 0 aliphatic carbocycles. The number of carbonyl (C=O) groups excluding carboxylic acids is 2. The van der Waals surface area contributed by atoms with Crippen molar-refractivity contribution in [3.63, 3.8) is 0 Å². The lowest BCUT2D eigenvalue weighted by atomic mass is 9.89. The van der Waals surface area contributed by atoms with Gasteiger partial charge in [-0.1, -0.05) is 43.2 Å². The van der Waals surface area contributed by atoms with E-state index in [1.807, 2.05) is 6.07 Å². The summed E-state index contributed by atoms with van der Waals surface area (Å²) in [5.41, 5.74) is 5.60. The van der Waals surface area contributed by atoms with Crippen LogP contribution in [0.25, 0.3) is 10.9 Å². The third-order valence-corrected chi connectivity index (χ3v) is 6.69. The summed E-state index contributed by atoms with van der Waals surface area (Å²) in [7, 11) is 1.58. The van der Waals surface area contributed by atoms with Crippen molar-refractivity contribution in [2.45, 2.75) is 45.7 Å². The fourth-order valence-corrected chi connectivity index (χ4v) is 4.90. The van der Waals surface area contributed by atoms with Gasteiger partial charge in [0.2, 0.25) is 5.91 Å². The molecule has 1 saturated heterocycles. The number of fused-ring (bicyclic) bond motifs is 6. The van der Waals surface area contributed by atoms with Gasteiger partial charge in [-0.15, -0.1) is 0 Å². The summed E-state index contributed by atoms with van der Waals surface area (Å²) < 4.78 is 8.26. The summed E-state index contributed by atoms with van der Waals surface area (Å²) in [6.45, 7) is 6.56. The Morgan fingerprint density at radius 2 is 1.88 bits per heavy atom. The summed E-state index contributed by atoms with van der Waals surface area (Å²) in [5.74, 6) is 0.365. The van der Waals surface area contributed by atoms with Crippen LogP contribution in [-0.2, 0) is 17.9 Å². The number of rotatable bonds is 6. The number of hydrogen-bond donors (Lipinski definition) is 0. The van der Waals surface area contributed by atoms with Gasteiger partial charge in [0.1, 0.15) is 5.75 Å². The number of imide groups is 1. The average molecular weight is 432 g/mol. The second-order valence-electron chi connectivity index (χ2n) is 8.93. The van der Waals surface area contributed by atoms with Crippen LogP contribution in [0.1, 0.15) is 48.1 Å². The Labute approximate surface area is 188 Å². The van der Waals surface area contributed by atoms with Crippen LogP contribution in [0.3, 0.4) is 0 Å². The van der Waals surface area contributed by atoms with Crippen molar-refractivity contribution in [3.05, 3.63) is 64.8 Å². The van der Waals surface area contributed by atoms with Crippen molar-refractivity contribution in [2.24, 2.45) is 0 Å². The summed E-state index contributed by atoms with van der Waals surface area (Å²) in [6.07, 6.45) is 2.09. The first-order valence-corrected chi connectivity index (χ1v) is 11.4. The fraction of sp³-hybridized carbons (Fsp3) is 0.385. The topological polar surface area (TPSA) is 54.8 Å². The molecule has 32 heavy (non-hydrogen) atoms. The second kappa shape index (κ2) is 8.01. The molecule has 2 aromatic carbocycles. The van der Waals surface area contributed by atoms with Gasteiger partial charge in [-0.05, 0) is 42.7 Å². The van der Waals surface area contributed by atoms with E-state index in [1.54, 1.807) is 11.9 Å². The number of ether oxygens (including phenoxy) is 1. The number of aromatic nitrogens is 1. The predicted octanol–water partition coefficient (Wildman–Crippen LogP) is 4.67. The van der Waals surface area contributed by atoms with Crippen LogP contribution < -0.4 is 4.74 Å². The lowest BCUT2D eigenvalue weighted by molar-refractivity contribution is -0.132. The number of urea groups is 1. The third kappa shape index (κ3) is 3.34. The molecule has 2 bridgehead atoms. The van der Waals surface area contributed by atoms with Crippen LogP contribution in [-0.4, -0.2) is 46.5 Å². The van der Waals surface area contributed by atoms with Gasteiger partial charge in [-0.25, -0.2) is 4.79 Å². The Kier molecular flexibility index (Phi) is 5.16. The zero-order valence-corrected chi connectivity index (χ0v) is 18.9. The zero-order chi connectivity index (χ0) is 22.4. The Morgan fingerprint density at radius 3 is 2.62 bits per heavy atom. The van der Waals surface area contributed by atoms with Gasteiger partial charge in [0.15, 0.2) is 0 Å². The molecule has 0 radical (unpaired) electrons. The number of nitrogens with zero attached hydrogens (tertiary/aromatic N) is 3. The van der Waals surface area contributed by atoms with E-state index in [4.69, 9.17) is 4.74 Å². The molecule has 0 saturated carbocycles. The summed E-state index contributed by atoms with van der Waals surface area (Å²) in [4.78, 5) is 28.8. The SMILES string of the molecule is CCCCOc1ccc2c(c1)c1c(n2Cc2ccc(C)cc2)CN2CC1C(=O)N(C)C2=O. The van der Waals surface area contributed by atoms with Gasteiger partial charge in [0.05, 0.1) is 19.1 Å². The molecule has 3 aromatic rings. The molecular weight excluding hydrogens is 402 g/mol. The molecule has 6 heteroatoms. The standard InChI is InChI=1S/C26H29N3O3/c1-4-5-12-32-19-10-11-22-20(13-19)24-21-15-28(26(31)27(3)25(21)30)16-23(24)29(22)14-18-8-6-17(2)7-9-18/h6-11,13,21H,4-5,12,14-16H2,1-3H3. The van der Waals surface area contributed by atoms with Crippen molar-refractivity contribution in [1.82, 2.24) is 14.4 Å². The van der Waals surface area contributed by atoms with E-state index in [0.717, 1.165) is 40.8 Å². The molecular formula is C26H29N3O3. The summed E-state index contributed by atoms with van der Waals surface area (Å²) in [5, 5.41) is 1.06. The largest absolute Gasteiger partial charge is 0.494 e. The van der Waals surface area contributed by atoms with E-state index in [1.165, 1.54) is 16.0 Å². The van der Waals surface area contributed by atoms with Gasteiger partial charge in [-0.2, -0.15) is 0 Å². The first-order chi connectivity index (χ1) is 15.5. The minimum absolute atomic E-state index is 0.126. The average Bonchev–Trinajstić information content (AvgIpc) is 3.10. The Bertz CT molecular complexity index is 1200. The maximum absolute atomic E-state index is 13.1. The maximum Gasteiger partial charge on any atom is 0.326 e. The number of carbonyl (C=O) groups is 2. The maximum atomic E-state index is 13.1. The molecule has 1 atom stereocenters. The molecule has 1 fully saturated rings. The molecule has 3 heterocycles. The number of amides is 3. The highest BCUT2D eigenvalue weighted by atomic mass is 16.5. The number of aryl methyl sites for hydroxylation is 1. The lowest BCUT2D eigenvalue weighted by Crippen LogP contribution is -2.56. The van der Waals surface area contributed by atoms with E-state index in [2.05, 4.69) is 54.8 Å². The van der Waals surface area contributed by atoms with Crippen molar-refractivity contribution < 1.29 is 14.3 Å². The van der Waals surface area contributed by atoms with Gasteiger partial charge in [-0.3, -0.25) is 9.69 Å². The number of likely N-dealkylation sites (N-methyl/N-ethyl adjacent to an activating group) is 1. The van der Waals surface area contributed by atoms with E-state index in [-0.39, 0.29) is 17.9 Å². The molecule has 5 rings (SSSR count). The van der Waals surface area contributed by atoms with E-state index < -0.39 is 0 Å². The molecule has 2 aliphatic rings. The monoisotopic (exact) mass is 431 g/mol. The van der Waals surface area contributed by atoms with Gasteiger partial charge in [0.25, 0.3) is 0 Å². The Hall–Kier alpha value is -3.28. The number of hydrogen-bond acceptors (Lipinski definition) is 3. The molecule has 1 aromatic heterocycles. The number of unbranched alkanes of at least 4 members (excludes halogenated alkanes) is 1. The molecule has 1 unspecified atom stereocenters. The summed E-state index contributed by atoms with van der Waals surface area (Å²) >= 11 is 0. The second-order valence-corrected chi connectivity index (χ2v) is 8.93. The highest BCUT2D eigenvalue weighted by Gasteiger charge is 2.44. The predicted molar refractivity (Wildman–Crippen MR) is 124 cm³/mol. The highest BCUT2D eigenvalue weighted by molar-refractivity contribution is 6.04. The first kappa shape index (κ1) is 20.6. The normalized spacial score (nSPS) is 17.8. The third-order valence-electron chi connectivity index (χ3n) is 6.69. The van der Waals surface area contributed by atoms with Crippen LogP contribution in [0.5, 0.6) is 5.75 Å². The molecule has 166 valence electrons. The van der Waals surface area contributed by atoms with Crippen LogP contribution in [0.15, 0.2) is 42.5 Å². The van der Waals surface area contributed by atoms with Gasteiger partial charge in [0, 0.05) is 36.7 Å². The van der Waals surface area contributed by atoms with Crippen LogP contribution in [0, 0.1) is 6.92 Å². The molecule has 0 spiro atoms. The van der Waals surface area contributed by atoms with E-state index in [9.17, 15) is 9.59 Å². The summed E-state index contributed by atoms with van der Waals surface area (Å²) in [6, 6.07) is 14.5. The molecule has 2 aliphatic heterocycles. The van der Waals surface area contributed by atoms with Crippen LogP contribution in [0.2, 0.25) is 0 Å². The van der Waals surface area contributed by atoms with E-state index in [0.29, 0.717) is 26.2 Å². The number of benzene rings is 2. The Balaban J connectivity index is 1.65. The van der Waals surface area contributed by atoms with Crippen molar-refractivity contribution in [2.75, 3.05) is 20.2 Å². The minimum atomic E-state index is -0.339. The molecule has 3 amide bonds. The highest BCUT2D eigenvalue weighted by Crippen LogP contribution is 2.41. The van der Waals surface area contributed by atoms with Gasteiger partial charge >= 0.3 is 6.03 Å². The van der Waals surface area contributed by atoms with E-state index >= 15 is 0 Å². The quantitative estimate of drug-likeness (QED) is 0.533. The van der Waals surface area contributed by atoms with Crippen molar-refractivity contribution >= 4 is 22.8 Å².